The van der Waals surface area contributed by atoms with Gasteiger partial charge in [0, 0.05) is 6.20 Å². The molecule has 0 aliphatic rings. The lowest BCUT2D eigenvalue weighted by molar-refractivity contribution is 0.250. The monoisotopic (exact) mass is 382 g/mol. The Bertz CT molecular complexity index is 1040. The van der Waals surface area contributed by atoms with E-state index >= 15 is 0 Å². The van der Waals surface area contributed by atoms with Crippen molar-refractivity contribution in [3.05, 3.63) is 83.4 Å². The highest BCUT2D eigenvalue weighted by atomic mass is 35.5. The molecular weight excluding hydrogens is 371 g/mol. The Balaban J connectivity index is 1.89. The fourth-order valence-corrected chi connectivity index (χ4v) is 3.25. The Hall–Kier alpha value is -2.89. The number of carbonyl (C=O) groups excluding carboxylic acids is 1. The second kappa shape index (κ2) is 6.78. The van der Waals surface area contributed by atoms with Crippen LogP contribution in [0.5, 0.6) is 0 Å². The molecular formula is C19H12Cl2N4O. The number of anilines is 2. The van der Waals surface area contributed by atoms with E-state index in [4.69, 9.17) is 23.2 Å². The molecule has 26 heavy (non-hydrogen) atoms. The maximum absolute atomic E-state index is 13.4. The molecule has 0 N–H and O–H groups in total. The van der Waals surface area contributed by atoms with Gasteiger partial charge in [-0.05, 0) is 41.9 Å². The molecule has 0 aliphatic carbocycles. The molecule has 5 nitrogen and oxygen atoms in total. The molecule has 0 radical (unpaired) electrons. The topological polar surface area (TPSA) is 51.0 Å². The van der Waals surface area contributed by atoms with Crippen molar-refractivity contribution in [1.29, 1.82) is 0 Å². The summed E-state index contributed by atoms with van der Waals surface area (Å²) >= 11 is 12.1. The first-order chi connectivity index (χ1) is 12.6. The Morgan fingerprint density at radius 1 is 0.846 bits per heavy atom. The molecule has 0 fully saturated rings. The number of carbonyl (C=O) groups is 1. The van der Waals surface area contributed by atoms with E-state index in [9.17, 15) is 4.79 Å². The van der Waals surface area contributed by atoms with Crippen LogP contribution in [0.4, 0.5) is 16.2 Å². The van der Waals surface area contributed by atoms with Gasteiger partial charge in [0.15, 0.2) is 5.15 Å². The third-order valence-corrected chi connectivity index (χ3v) is 4.32. The van der Waals surface area contributed by atoms with Crippen molar-refractivity contribution in [3.8, 4) is 0 Å². The van der Waals surface area contributed by atoms with Crippen molar-refractivity contribution >= 4 is 51.6 Å². The Kier molecular flexibility index (Phi) is 4.32. The van der Waals surface area contributed by atoms with E-state index in [1.807, 2.05) is 60.7 Å². The molecule has 0 spiro atoms. The van der Waals surface area contributed by atoms with Crippen molar-refractivity contribution in [3.63, 3.8) is 0 Å². The molecule has 2 aromatic heterocycles. The Morgan fingerprint density at radius 3 is 2.00 bits per heavy atom. The van der Waals surface area contributed by atoms with E-state index in [-0.39, 0.29) is 16.5 Å². The highest BCUT2D eigenvalue weighted by Gasteiger charge is 2.22. The van der Waals surface area contributed by atoms with Crippen LogP contribution < -0.4 is 4.90 Å². The average Bonchev–Trinajstić information content (AvgIpc) is 3.08. The summed E-state index contributed by atoms with van der Waals surface area (Å²) in [6.07, 6.45) is 1.61. The average molecular weight is 383 g/mol. The first-order valence-corrected chi connectivity index (χ1v) is 8.55. The molecule has 0 unspecified atom stereocenters. The summed E-state index contributed by atoms with van der Waals surface area (Å²) in [6.45, 7) is 0. The van der Waals surface area contributed by atoms with Crippen LogP contribution in [0.25, 0.3) is 11.0 Å². The fourth-order valence-electron chi connectivity index (χ4n) is 2.77. The van der Waals surface area contributed by atoms with E-state index in [2.05, 4.69) is 9.97 Å². The summed E-state index contributed by atoms with van der Waals surface area (Å²) in [5.41, 5.74) is 2.38. The first kappa shape index (κ1) is 16.6. The molecule has 2 aromatic carbocycles. The van der Waals surface area contributed by atoms with Gasteiger partial charge in [-0.1, -0.05) is 48.0 Å². The predicted molar refractivity (Wildman–Crippen MR) is 103 cm³/mol. The van der Waals surface area contributed by atoms with Gasteiger partial charge in [-0.25, -0.2) is 14.8 Å². The number of hydrogen-bond donors (Lipinski definition) is 0. The van der Waals surface area contributed by atoms with Gasteiger partial charge < -0.3 is 0 Å². The summed E-state index contributed by atoms with van der Waals surface area (Å²) in [4.78, 5) is 23.1. The van der Waals surface area contributed by atoms with E-state index < -0.39 is 0 Å². The largest absolute Gasteiger partial charge is 0.337 e. The first-order valence-electron chi connectivity index (χ1n) is 7.80. The summed E-state index contributed by atoms with van der Waals surface area (Å²) in [6, 6.07) is 20.2. The molecule has 0 aliphatic heterocycles. The van der Waals surface area contributed by atoms with Gasteiger partial charge in [-0.2, -0.15) is 0 Å². The molecule has 7 heteroatoms. The molecule has 4 rings (SSSR count). The maximum atomic E-state index is 13.4. The number of amides is 1. The van der Waals surface area contributed by atoms with Crippen LogP contribution >= 0.6 is 23.2 Å². The van der Waals surface area contributed by atoms with Crippen LogP contribution in [-0.2, 0) is 0 Å². The summed E-state index contributed by atoms with van der Waals surface area (Å²) in [7, 11) is 0. The second-order valence-corrected chi connectivity index (χ2v) is 6.19. The standard InChI is InChI=1S/C19H12Cl2N4O/c20-17-16-15(22-18(21)23-17)11-12-24(16)19(26)25(13-7-3-1-4-8-13)14-9-5-2-6-10-14/h1-12H. The minimum atomic E-state index is -0.301. The van der Waals surface area contributed by atoms with E-state index in [1.54, 1.807) is 17.2 Å². The Labute approximate surface area is 159 Å². The number of aromatic nitrogens is 3. The van der Waals surface area contributed by atoms with Crippen LogP contribution in [0, 0.1) is 0 Å². The van der Waals surface area contributed by atoms with Crippen LogP contribution in [0.15, 0.2) is 72.9 Å². The van der Waals surface area contributed by atoms with Gasteiger partial charge in [0.05, 0.1) is 16.9 Å². The highest BCUT2D eigenvalue weighted by molar-refractivity contribution is 6.35. The fraction of sp³-hybridized carbons (Fsp3) is 0. The van der Waals surface area contributed by atoms with Crippen molar-refractivity contribution < 1.29 is 4.79 Å². The van der Waals surface area contributed by atoms with Crippen molar-refractivity contribution in [2.24, 2.45) is 0 Å². The minimum Gasteiger partial charge on any atom is -0.264 e. The minimum absolute atomic E-state index is 0.0377. The zero-order valence-electron chi connectivity index (χ0n) is 13.4. The van der Waals surface area contributed by atoms with Crippen molar-refractivity contribution in [2.45, 2.75) is 0 Å². The lowest BCUT2D eigenvalue weighted by Crippen LogP contribution is -2.30. The molecule has 128 valence electrons. The molecule has 2 heterocycles. The molecule has 0 atom stereocenters. The SMILES string of the molecule is O=C(N(c1ccccc1)c1ccccc1)n1ccc2nc(Cl)nc(Cl)c21. The predicted octanol–water partition coefficient (Wildman–Crippen LogP) is 5.54. The van der Waals surface area contributed by atoms with E-state index in [0.717, 1.165) is 11.4 Å². The number of halogens is 2. The van der Waals surface area contributed by atoms with Gasteiger partial charge in [0.1, 0.15) is 5.52 Å². The second-order valence-electron chi connectivity index (χ2n) is 5.49. The maximum Gasteiger partial charge on any atom is 0.337 e. The number of hydrogen-bond acceptors (Lipinski definition) is 3. The van der Waals surface area contributed by atoms with Crippen molar-refractivity contribution in [1.82, 2.24) is 14.5 Å². The zero-order valence-corrected chi connectivity index (χ0v) is 14.9. The number of nitrogens with zero attached hydrogens (tertiary/aromatic N) is 4. The van der Waals surface area contributed by atoms with E-state index in [0.29, 0.717) is 11.0 Å². The zero-order chi connectivity index (χ0) is 18.1. The highest BCUT2D eigenvalue weighted by Crippen LogP contribution is 2.29. The summed E-state index contributed by atoms with van der Waals surface area (Å²) in [5, 5.41) is 0.162. The molecule has 0 saturated carbocycles. The third-order valence-electron chi connectivity index (χ3n) is 3.89. The molecule has 4 aromatic rings. The normalized spacial score (nSPS) is 10.8. The van der Waals surface area contributed by atoms with Gasteiger partial charge >= 0.3 is 6.03 Å². The lowest BCUT2D eigenvalue weighted by Gasteiger charge is -2.23. The molecule has 0 bridgehead atoms. The smallest absolute Gasteiger partial charge is 0.264 e. The lowest BCUT2D eigenvalue weighted by atomic mass is 10.2. The van der Waals surface area contributed by atoms with Crippen LogP contribution in [0.1, 0.15) is 0 Å². The molecule has 0 saturated heterocycles. The van der Waals surface area contributed by atoms with Crippen LogP contribution in [0.3, 0.4) is 0 Å². The number of fused-ring (bicyclic) bond motifs is 1. The third kappa shape index (κ3) is 2.92. The van der Waals surface area contributed by atoms with Crippen LogP contribution in [-0.4, -0.2) is 20.6 Å². The van der Waals surface area contributed by atoms with Gasteiger partial charge in [0.2, 0.25) is 5.28 Å². The number of para-hydroxylation sites is 2. The van der Waals surface area contributed by atoms with Crippen LogP contribution in [0.2, 0.25) is 10.4 Å². The van der Waals surface area contributed by atoms with Gasteiger partial charge in [-0.15, -0.1) is 0 Å². The summed E-state index contributed by atoms with van der Waals surface area (Å²) in [5.74, 6) is 0. The van der Waals surface area contributed by atoms with Gasteiger partial charge in [-0.3, -0.25) is 9.47 Å². The number of rotatable bonds is 2. The summed E-state index contributed by atoms with van der Waals surface area (Å²) < 4.78 is 1.42. The molecule has 1 amide bonds. The van der Waals surface area contributed by atoms with E-state index in [1.165, 1.54) is 4.57 Å². The van der Waals surface area contributed by atoms with Gasteiger partial charge in [0.25, 0.3) is 0 Å². The number of benzene rings is 2. The Morgan fingerprint density at radius 2 is 1.42 bits per heavy atom. The van der Waals surface area contributed by atoms with Crippen molar-refractivity contribution in [2.75, 3.05) is 4.90 Å². The quantitative estimate of drug-likeness (QED) is 0.337.